The summed E-state index contributed by atoms with van der Waals surface area (Å²) in [5.74, 6) is 0. The van der Waals surface area contributed by atoms with Gasteiger partial charge in [0.05, 0.1) is 12.2 Å². The number of aliphatic hydroxyl groups is 1. The fourth-order valence-corrected chi connectivity index (χ4v) is 4.41. The van der Waals surface area contributed by atoms with Crippen LogP contribution >= 0.6 is 0 Å². The number of rotatable bonds is 4. The van der Waals surface area contributed by atoms with Gasteiger partial charge < -0.3 is 33.8 Å². The minimum atomic E-state index is -4.72. The summed E-state index contributed by atoms with van der Waals surface area (Å²) in [6.07, 6.45) is -8.84. The molecule has 35 heavy (non-hydrogen) atoms. The number of anilines is 1. The van der Waals surface area contributed by atoms with Crippen LogP contribution in [0.3, 0.4) is 0 Å². The van der Waals surface area contributed by atoms with Gasteiger partial charge in [0.25, 0.3) is 0 Å². The van der Waals surface area contributed by atoms with Crippen LogP contribution in [0.2, 0.25) is 0 Å². The van der Waals surface area contributed by atoms with Crippen LogP contribution in [0.1, 0.15) is 17.4 Å². The fraction of sp³-hybridized carbons (Fsp3) is 0.375. The summed E-state index contributed by atoms with van der Waals surface area (Å²) in [7, 11) is 1.40. The average molecular weight is 493 g/mol. The number of methoxy groups -OCH3 is 1. The molecule has 5 rings (SSSR count). The predicted octanol–water partition coefficient (Wildman–Crippen LogP) is 3.44. The lowest BCUT2D eigenvalue weighted by molar-refractivity contribution is -0.337. The van der Waals surface area contributed by atoms with E-state index in [9.17, 15) is 23.1 Å². The Hall–Kier alpha value is -2.96. The van der Waals surface area contributed by atoms with Gasteiger partial charge in [-0.25, -0.2) is 4.79 Å². The van der Waals surface area contributed by atoms with E-state index in [1.807, 2.05) is 30.3 Å². The van der Waals surface area contributed by atoms with Gasteiger partial charge in [0.15, 0.2) is 12.6 Å². The molecule has 11 heteroatoms. The van der Waals surface area contributed by atoms with Gasteiger partial charge in [0, 0.05) is 35.9 Å². The van der Waals surface area contributed by atoms with E-state index in [0.29, 0.717) is 11.8 Å². The molecule has 3 unspecified atom stereocenters. The van der Waals surface area contributed by atoms with E-state index in [1.165, 1.54) is 25.3 Å². The van der Waals surface area contributed by atoms with Crippen LogP contribution in [-0.2, 0) is 25.1 Å². The fourth-order valence-electron chi connectivity index (χ4n) is 4.41. The predicted molar refractivity (Wildman–Crippen MR) is 117 cm³/mol. The van der Waals surface area contributed by atoms with Gasteiger partial charge in [0.1, 0.15) is 29.9 Å². The molecule has 1 aromatic heterocycles. The second kappa shape index (κ2) is 9.25. The molecule has 2 aromatic carbocycles. The van der Waals surface area contributed by atoms with Gasteiger partial charge >= 0.3 is 11.8 Å². The Balaban J connectivity index is 1.41. The van der Waals surface area contributed by atoms with Crippen molar-refractivity contribution < 1.29 is 41.6 Å². The Morgan fingerprint density at radius 2 is 1.86 bits per heavy atom. The second-order valence-electron chi connectivity index (χ2n) is 8.30. The molecule has 6 atom stereocenters. The maximum Gasteiger partial charge on any atom is 0.417 e. The molecule has 2 fully saturated rings. The van der Waals surface area contributed by atoms with Crippen molar-refractivity contribution in [2.75, 3.05) is 19.0 Å². The summed E-state index contributed by atoms with van der Waals surface area (Å²) >= 11 is 0. The zero-order valence-electron chi connectivity index (χ0n) is 18.4. The highest BCUT2D eigenvalue weighted by Crippen LogP contribution is 2.37. The van der Waals surface area contributed by atoms with Crippen molar-refractivity contribution in [1.82, 2.24) is 0 Å². The van der Waals surface area contributed by atoms with Crippen molar-refractivity contribution in [1.29, 1.82) is 0 Å². The molecule has 8 nitrogen and oxygen atoms in total. The summed E-state index contributed by atoms with van der Waals surface area (Å²) in [6.45, 7) is 0.162. The number of ether oxygens (including phenoxy) is 4. The van der Waals surface area contributed by atoms with Gasteiger partial charge in [-0.1, -0.05) is 30.3 Å². The summed E-state index contributed by atoms with van der Waals surface area (Å²) in [6, 6.07) is 12.6. The monoisotopic (exact) mass is 493 g/mol. The van der Waals surface area contributed by atoms with Crippen LogP contribution in [0.25, 0.3) is 11.0 Å². The summed E-state index contributed by atoms with van der Waals surface area (Å²) < 4.78 is 68.1. The first-order valence-electron chi connectivity index (χ1n) is 10.8. The highest BCUT2D eigenvalue weighted by molar-refractivity contribution is 5.84. The third kappa shape index (κ3) is 4.65. The Bertz CT molecular complexity index is 1250. The lowest BCUT2D eigenvalue weighted by Gasteiger charge is -2.47. The Labute approximate surface area is 197 Å². The Morgan fingerprint density at radius 1 is 1.09 bits per heavy atom. The van der Waals surface area contributed by atoms with E-state index in [2.05, 4.69) is 5.32 Å². The molecular formula is C24H22F3NO7. The quantitative estimate of drug-likeness (QED) is 0.534. The smallest absolute Gasteiger partial charge is 0.417 e. The number of hydrogen-bond donors (Lipinski definition) is 2. The third-order valence-electron chi connectivity index (χ3n) is 6.05. The molecule has 2 N–H and O–H groups in total. The molecule has 0 spiro atoms. The van der Waals surface area contributed by atoms with Gasteiger partial charge in [-0.3, -0.25) is 0 Å². The molecule has 2 aliphatic heterocycles. The molecule has 0 aliphatic carbocycles. The van der Waals surface area contributed by atoms with Crippen molar-refractivity contribution in [3.05, 3.63) is 76.1 Å². The maximum atomic E-state index is 13.3. The number of alkyl halides is 3. The average Bonchev–Trinajstić information content (AvgIpc) is 2.84. The number of hydrogen-bond acceptors (Lipinski definition) is 8. The number of fused-ring (bicyclic) bond motifs is 2. The molecule has 0 radical (unpaired) electrons. The van der Waals surface area contributed by atoms with Crippen LogP contribution in [0.5, 0.6) is 0 Å². The zero-order valence-corrected chi connectivity index (χ0v) is 18.4. The first-order chi connectivity index (χ1) is 16.7. The maximum absolute atomic E-state index is 13.3. The molecule has 3 heterocycles. The first-order valence-corrected chi connectivity index (χ1v) is 10.8. The number of halogens is 3. The van der Waals surface area contributed by atoms with Crippen LogP contribution in [0.4, 0.5) is 18.9 Å². The molecule has 2 saturated heterocycles. The topological polar surface area (TPSA) is 99.4 Å². The van der Waals surface area contributed by atoms with E-state index in [0.717, 1.165) is 5.56 Å². The van der Waals surface area contributed by atoms with Crippen LogP contribution in [0.15, 0.2) is 63.8 Å². The molecule has 2 aliphatic rings. The minimum Gasteiger partial charge on any atom is -0.423 e. The van der Waals surface area contributed by atoms with Gasteiger partial charge in [-0.2, -0.15) is 13.2 Å². The second-order valence-corrected chi connectivity index (χ2v) is 8.30. The third-order valence-corrected chi connectivity index (χ3v) is 6.05. The van der Waals surface area contributed by atoms with Crippen LogP contribution in [0, 0.1) is 0 Å². The molecule has 0 amide bonds. The van der Waals surface area contributed by atoms with Gasteiger partial charge in [0.2, 0.25) is 0 Å². The van der Waals surface area contributed by atoms with E-state index >= 15 is 0 Å². The molecule has 0 saturated carbocycles. The minimum absolute atomic E-state index is 0.162. The van der Waals surface area contributed by atoms with E-state index in [1.54, 1.807) is 0 Å². The van der Waals surface area contributed by atoms with Crippen molar-refractivity contribution in [3.8, 4) is 0 Å². The summed E-state index contributed by atoms with van der Waals surface area (Å²) in [4.78, 5) is 11.7. The molecular weight excluding hydrogens is 471 g/mol. The molecule has 186 valence electrons. The first kappa shape index (κ1) is 23.8. The largest absolute Gasteiger partial charge is 0.423 e. The zero-order chi connectivity index (χ0) is 24.7. The normalized spacial score (nSPS) is 29.1. The van der Waals surface area contributed by atoms with E-state index < -0.39 is 54.3 Å². The number of aliphatic hydroxyl groups excluding tert-OH is 1. The van der Waals surface area contributed by atoms with Crippen molar-refractivity contribution in [2.45, 2.75) is 43.1 Å². The van der Waals surface area contributed by atoms with Gasteiger partial charge in [-0.05, 0) is 12.1 Å². The lowest BCUT2D eigenvalue weighted by atomic mass is 9.95. The van der Waals surface area contributed by atoms with Crippen molar-refractivity contribution in [3.63, 3.8) is 0 Å². The number of nitrogens with one attached hydrogen (secondary N) is 1. The number of benzene rings is 2. The SMILES string of the molecule is CO[C@H]1OC2COC(c3ccccc3)O[C@H]2[C@H](O)C1Nc1ccc2c(C(F)(F)F)cc(=O)oc2c1. The van der Waals surface area contributed by atoms with Gasteiger partial charge in [-0.15, -0.1) is 0 Å². The summed E-state index contributed by atoms with van der Waals surface area (Å²) in [5.41, 5.74) is -1.39. The van der Waals surface area contributed by atoms with Crippen molar-refractivity contribution >= 4 is 16.7 Å². The lowest BCUT2D eigenvalue weighted by Crippen LogP contribution is -2.64. The Morgan fingerprint density at radius 3 is 2.57 bits per heavy atom. The van der Waals surface area contributed by atoms with Crippen LogP contribution < -0.4 is 10.9 Å². The standard InChI is InChI=1S/C24H22F3NO7/c1-31-23-19(20(30)21-17(34-23)11-32-22(35-21)12-5-3-2-4-6-12)28-13-7-8-14-15(24(25,26)27)10-18(29)33-16(14)9-13/h2-10,17,19-23,28,30H,11H2,1H3/t17?,19?,20-,21-,22?,23+/m1/s1. The highest BCUT2D eigenvalue weighted by atomic mass is 19.4. The molecule has 3 aromatic rings. The molecule has 0 bridgehead atoms. The Kier molecular flexibility index (Phi) is 6.28. The summed E-state index contributed by atoms with van der Waals surface area (Å²) in [5, 5.41) is 13.9. The highest BCUT2D eigenvalue weighted by Gasteiger charge is 2.49. The van der Waals surface area contributed by atoms with Crippen molar-refractivity contribution in [2.24, 2.45) is 0 Å². The van der Waals surface area contributed by atoms with Crippen LogP contribution in [-0.4, -0.2) is 49.5 Å². The van der Waals surface area contributed by atoms with E-state index in [-0.39, 0.29) is 17.6 Å². The van der Waals surface area contributed by atoms with E-state index in [4.69, 9.17) is 23.4 Å².